The fourth-order valence-corrected chi connectivity index (χ4v) is 1.82. The van der Waals surface area contributed by atoms with E-state index in [2.05, 4.69) is 40.1 Å². The van der Waals surface area contributed by atoms with Crippen molar-refractivity contribution in [2.24, 2.45) is 0 Å². The lowest BCUT2D eigenvalue weighted by atomic mass is 10.0. The number of urea groups is 1. The van der Waals surface area contributed by atoms with Gasteiger partial charge in [-0.25, -0.2) is 4.79 Å². The summed E-state index contributed by atoms with van der Waals surface area (Å²) < 4.78 is 0. The molecule has 2 N–H and O–H groups in total. The SMILES string of the molecule is C=CNC(=O)NC1=CCC([N+]#CS)[C@H](C)N1C. The zero-order valence-corrected chi connectivity index (χ0v) is 10.9. The average molecular weight is 253 g/mol. The number of likely N-dealkylation sites (N-methyl/N-ethyl adjacent to an activating group) is 1. The van der Waals surface area contributed by atoms with E-state index in [9.17, 15) is 4.79 Å². The lowest BCUT2D eigenvalue weighted by Gasteiger charge is -2.31. The normalized spacial score (nSPS) is 23.0. The summed E-state index contributed by atoms with van der Waals surface area (Å²) in [5.74, 6) is 0.766. The zero-order valence-electron chi connectivity index (χ0n) is 9.97. The van der Waals surface area contributed by atoms with Crippen LogP contribution < -0.4 is 10.6 Å². The Labute approximate surface area is 107 Å². The number of hydrogen-bond donors (Lipinski definition) is 3. The third-order valence-corrected chi connectivity index (χ3v) is 2.91. The minimum Gasteiger partial charge on any atom is -0.351 e. The van der Waals surface area contributed by atoms with Gasteiger partial charge in [0.25, 0.3) is 6.04 Å². The standard InChI is InChI=1S/C11H16N4OS/c1-4-12-11(16)14-10-6-5-9(13-7-17)8(2)15(10)3/h4,6,8-9H,1,5H2,2-3H3,(H2,12,14,16)/p+1/t8-,9?/m0/s1. The summed E-state index contributed by atoms with van der Waals surface area (Å²) in [6, 6.07) is -0.00259. The summed E-state index contributed by atoms with van der Waals surface area (Å²) in [4.78, 5) is 17.5. The Kier molecular flexibility index (Phi) is 4.91. The topological polar surface area (TPSA) is 48.7 Å². The second-order valence-corrected chi connectivity index (χ2v) is 3.98. The second-order valence-electron chi connectivity index (χ2n) is 3.78. The minimum absolute atomic E-state index is 0.116. The van der Waals surface area contributed by atoms with E-state index < -0.39 is 0 Å². The first-order valence-electron chi connectivity index (χ1n) is 5.30. The van der Waals surface area contributed by atoms with Crippen molar-refractivity contribution < 1.29 is 4.79 Å². The summed E-state index contributed by atoms with van der Waals surface area (Å²) in [5, 5.41) is 7.72. The summed E-state index contributed by atoms with van der Waals surface area (Å²) >= 11 is 3.86. The molecular weight excluding hydrogens is 236 g/mol. The zero-order chi connectivity index (χ0) is 12.8. The van der Waals surface area contributed by atoms with Gasteiger partial charge < -0.3 is 10.2 Å². The molecule has 0 spiro atoms. The lowest BCUT2D eigenvalue weighted by Crippen LogP contribution is -2.46. The second kappa shape index (κ2) is 6.21. The number of amides is 2. The smallest absolute Gasteiger partial charge is 0.343 e. The van der Waals surface area contributed by atoms with Crippen molar-refractivity contribution in [3.63, 3.8) is 0 Å². The average Bonchev–Trinajstić information content (AvgIpc) is 2.29. The first-order chi connectivity index (χ1) is 8.10. The molecule has 6 heteroatoms. The van der Waals surface area contributed by atoms with Gasteiger partial charge in [0.05, 0.1) is 6.42 Å². The predicted octanol–water partition coefficient (Wildman–Crippen LogP) is 1.58. The maximum Gasteiger partial charge on any atom is 0.343 e. The van der Waals surface area contributed by atoms with Crippen molar-refractivity contribution in [1.29, 1.82) is 0 Å². The van der Waals surface area contributed by atoms with E-state index >= 15 is 0 Å². The van der Waals surface area contributed by atoms with Gasteiger partial charge in [-0.1, -0.05) is 11.4 Å². The molecule has 0 aromatic heterocycles. The van der Waals surface area contributed by atoms with Crippen molar-refractivity contribution in [1.82, 2.24) is 15.5 Å². The van der Waals surface area contributed by atoms with Gasteiger partial charge in [-0.15, -0.1) is 0 Å². The van der Waals surface area contributed by atoms with Crippen LogP contribution in [0.15, 0.2) is 24.7 Å². The van der Waals surface area contributed by atoms with E-state index in [1.165, 1.54) is 6.20 Å². The van der Waals surface area contributed by atoms with Crippen LogP contribution in [0.5, 0.6) is 0 Å². The van der Waals surface area contributed by atoms with Crippen LogP contribution in [0.25, 0.3) is 4.85 Å². The van der Waals surface area contributed by atoms with E-state index in [1.807, 2.05) is 24.9 Å². The number of rotatable bonds is 2. The fourth-order valence-electron chi connectivity index (χ4n) is 1.67. The van der Waals surface area contributed by atoms with Gasteiger partial charge in [0, 0.05) is 7.05 Å². The molecule has 0 aromatic carbocycles. The van der Waals surface area contributed by atoms with E-state index in [0.29, 0.717) is 0 Å². The maximum atomic E-state index is 11.4. The molecule has 2 atom stereocenters. The van der Waals surface area contributed by atoms with Gasteiger partial charge in [0.1, 0.15) is 11.9 Å². The van der Waals surface area contributed by atoms with Gasteiger partial charge in [0.2, 0.25) is 0 Å². The van der Waals surface area contributed by atoms with E-state index in [1.54, 1.807) is 0 Å². The van der Waals surface area contributed by atoms with E-state index in [-0.39, 0.29) is 18.1 Å². The Morgan fingerprint density at radius 3 is 3.12 bits per heavy atom. The van der Waals surface area contributed by atoms with Crippen LogP contribution in [0.2, 0.25) is 0 Å². The summed E-state index contributed by atoms with van der Waals surface area (Å²) in [5.41, 5.74) is 0. The Balaban J connectivity index is 2.71. The molecule has 0 saturated heterocycles. The van der Waals surface area contributed by atoms with Crippen LogP contribution in [-0.4, -0.2) is 30.1 Å². The highest BCUT2D eigenvalue weighted by Crippen LogP contribution is 2.20. The van der Waals surface area contributed by atoms with Gasteiger partial charge in [0.15, 0.2) is 0 Å². The molecule has 1 unspecified atom stereocenters. The largest absolute Gasteiger partial charge is 0.351 e. The van der Waals surface area contributed by atoms with Crippen molar-refractivity contribution >= 4 is 18.7 Å². The van der Waals surface area contributed by atoms with Crippen LogP contribution in [-0.2, 0) is 0 Å². The molecular formula is C11H17N4OS+. The predicted molar refractivity (Wildman–Crippen MR) is 71.8 cm³/mol. The monoisotopic (exact) mass is 253 g/mol. The quantitative estimate of drug-likeness (QED) is 0.517. The molecule has 1 aliphatic heterocycles. The molecule has 2 amide bonds. The number of nitrogens with one attached hydrogen (secondary N) is 2. The fraction of sp³-hybridized carbons (Fsp3) is 0.455. The molecule has 0 radical (unpaired) electrons. The Morgan fingerprint density at radius 2 is 2.53 bits per heavy atom. The summed E-state index contributed by atoms with van der Waals surface area (Å²) in [7, 11) is 1.91. The molecule has 1 aliphatic rings. The molecule has 0 fully saturated rings. The highest BCUT2D eigenvalue weighted by atomic mass is 32.1. The van der Waals surface area contributed by atoms with Crippen LogP contribution in [0.3, 0.4) is 0 Å². The van der Waals surface area contributed by atoms with Crippen molar-refractivity contribution in [3.05, 3.63) is 29.5 Å². The molecule has 0 saturated carbocycles. The number of thiocyanates is 1. The van der Waals surface area contributed by atoms with Gasteiger partial charge in [-0.3, -0.25) is 5.32 Å². The molecule has 0 aliphatic carbocycles. The van der Waals surface area contributed by atoms with Crippen molar-refractivity contribution in [2.75, 3.05) is 7.05 Å². The molecule has 17 heavy (non-hydrogen) atoms. The summed E-state index contributed by atoms with van der Waals surface area (Å²) in [6.07, 6.45) is 4.02. The third-order valence-electron chi connectivity index (χ3n) is 2.80. The lowest BCUT2D eigenvalue weighted by molar-refractivity contribution is 0.230. The van der Waals surface area contributed by atoms with Gasteiger partial charge in [-0.05, 0) is 31.8 Å². The molecule has 1 rings (SSSR count). The maximum absolute atomic E-state index is 11.4. The molecule has 1 heterocycles. The Hall–Kier alpha value is -1.61. The Bertz CT molecular complexity index is 396. The highest BCUT2D eigenvalue weighted by Gasteiger charge is 2.33. The number of carbonyl (C=O) groups excluding carboxylic acids is 1. The summed E-state index contributed by atoms with van der Waals surface area (Å²) in [6.45, 7) is 5.47. The minimum atomic E-state index is -0.298. The highest BCUT2D eigenvalue weighted by molar-refractivity contribution is 7.85. The first-order valence-corrected chi connectivity index (χ1v) is 5.75. The number of hydrogen-bond acceptors (Lipinski definition) is 3. The number of nitrogens with zero attached hydrogens (tertiary/aromatic N) is 2. The first kappa shape index (κ1) is 13.5. The van der Waals surface area contributed by atoms with E-state index in [4.69, 9.17) is 0 Å². The van der Waals surface area contributed by atoms with E-state index in [0.717, 1.165) is 12.2 Å². The van der Waals surface area contributed by atoms with Crippen LogP contribution in [0.4, 0.5) is 4.79 Å². The third kappa shape index (κ3) is 3.43. The van der Waals surface area contributed by atoms with Crippen LogP contribution in [0, 0.1) is 5.40 Å². The number of carbonyl (C=O) groups is 1. The molecule has 0 bridgehead atoms. The molecule has 5 nitrogen and oxygen atoms in total. The Morgan fingerprint density at radius 1 is 1.82 bits per heavy atom. The van der Waals surface area contributed by atoms with Crippen LogP contribution >= 0.6 is 12.6 Å². The number of thiol groups is 1. The van der Waals surface area contributed by atoms with Gasteiger partial charge in [-0.2, -0.15) is 0 Å². The molecule has 0 aromatic rings. The van der Waals surface area contributed by atoms with Crippen LogP contribution in [0.1, 0.15) is 13.3 Å². The molecule has 92 valence electrons. The van der Waals surface area contributed by atoms with Crippen molar-refractivity contribution in [3.8, 4) is 5.40 Å². The van der Waals surface area contributed by atoms with Gasteiger partial charge >= 0.3 is 11.4 Å². The van der Waals surface area contributed by atoms with Crippen molar-refractivity contribution in [2.45, 2.75) is 25.4 Å².